The molecule has 36 heavy (non-hydrogen) atoms. The number of nitrogens with zero attached hydrogens (tertiary/aromatic N) is 3. The Kier molecular flexibility index (Phi) is 6.14. The predicted molar refractivity (Wildman–Crippen MR) is 138 cm³/mol. The minimum absolute atomic E-state index is 0.254. The number of amides is 1. The first-order chi connectivity index (χ1) is 17.1. The summed E-state index contributed by atoms with van der Waals surface area (Å²) >= 11 is 12.4. The number of aromatic nitrogens is 1. The van der Waals surface area contributed by atoms with Crippen LogP contribution in [0.5, 0.6) is 0 Å². The Balaban J connectivity index is 1.66. The molecule has 0 spiro atoms. The molecule has 182 valence electrons. The maximum absolute atomic E-state index is 14.0. The van der Waals surface area contributed by atoms with Crippen LogP contribution in [0.1, 0.15) is 16.8 Å². The third-order valence-electron chi connectivity index (χ3n) is 6.06. The van der Waals surface area contributed by atoms with Gasteiger partial charge in [0.15, 0.2) is 5.71 Å². The van der Waals surface area contributed by atoms with Crippen LogP contribution in [0.15, 0.2) is 83.5 Å². The Hall–Kier alpha value is -3.55. The molecule has 1 amide bonds. The summed E-state index contributed by atoms with van der Waals surface area (Å²) in [7, 11) is 0. The Bertz CT molecular complexity index is 1560. The van der Waals surface area contributed by atoms with Crippen LogP contribution in [0.4, 0.5) is 18.9 Å². The molecule has 1 aliphatic heterocycles. The van der Waals surface area contributed by atoms with E-state index in [0.717, 1.165) is 16.1 Å². The molecule has 4 aromatic rings. The van der Waals surface area contributed by atoms with Crippen molar-refractivity contribution in [3.63, 3.8) is 0 Å². The highest BCUT2D eigenvalue weighted by Crippen LogP contribution is 2.36. The number of rotatable bonds is 4. The molecule has 0 unspecified atom stereocenters. The van der Waals surface area contributed by atoms with Crippen LogP contribution in [-0.2, 0) is 11.3 Å². The van der Waals surface area contributed by atoms with E-state index < -0.39 is 23.4 Å². The van der Waals surface area contributed by atoms with Gasteiger partial charge in [-0.3, -0.25) is 4.79 Å². The van der Waals surface area contributed by atoms with Gasteiger partial charge in [-0.15, -0.1) is 0 Å². The van der Waals surface area contributed by atoms with Crippen molar-refractivity contribution in [2.24, 2.45) is 5.10 Å². The molecule has 5 rings (SSSR count). The number of para-hydroxylation sites is 2. The van der Waals surface area contributed by atoms with Crippen molar-refractivity contribution >= 4 is 57.5 Å². The quantitative estimate of drug-likeness (QED) is 0.251. The topological polar surface area (TPSA) is 37.6 Å². The van der Waals surface area contributed by atoms with Crippen LogP contribution in [-0.4, -0.2) is 22.4 Å². The van der Waals surface area contributed by atoms with E-state index in [9.17, 15) is 18.0 Å². The zero-order valence-electron chi connectivity index (χ0n) is 18.9. The summed E-state index contributed by atoms with van der Waals surface area (Å²) in [5, 5.41) is 6.15. The van der Waals surface area contributed by atoms with Crippen LogP contribution in [0.3, 0.4) is 0 Å². The van der Waals surface area contributed by atoms with Crippen molar-refractivity contribution in [3.8, 4) is 0 Å². The maximum Gasteiger partial charge on any atom is 0.435 e. The molecule has 1 aliphatic rings. The maximum atomic E-state index is 14.0. The van der Waals surface area contributed by atoms with Gasteiger partial charge in [0.05, 0.1) is 11.3 Å². The molecule has 0 aliphatic carbocycles. The molecule has 0 radical (unpaired) electrons. The number of hydrogen-bond donors (Lipinski definition) is 0. The average Bonchev–Trinajstić information content (AvgIpc) is 3.31. The van der Waals surface area contributed by atoms with Gasteiger partial charge < -0.3 is 4.57 Å². The fourth-order valence-corrected chi connectivity index (χ4v) is 4.77. The minimum atomic E-state index is -4.81. The highest BCUT2D eigenvalue weighted by Gasteiger charge is 2.47. The number of anilines is 1. The van der Waals surface area contributed by atoms with Gasteiger partial charge in [-0.25, -0.2) is 0 Å². The van der Waals surface area contributed by atoms with E-state index in [4.69, 9.17) is 23.2 Å². The van der Waals surface area contributed by atoms with Gasteiger partial charge in [0, 0.05) is 38.8 Å². The number of halogens is 5. The summed E-state index contributed by atoms with van der Waals surface area (Å²) in [4.78, 5) is 13.2. The van der Waals surface area contributed by atoms with Gasteiger partial charge in [-0.2, -0.15) is 23.3 Å². The normalized spacial score (nSPS) is 15.3. The predicted octanol–water partition coefficient (Wildman–Crippen LogP) is 7.65. The van der Waals surface area contributed by atoms with E-state index in [0.29, 0.717) is 33.2 Å². The van der Waals surface area contributed by atoms with Gasteiger partial charge in [0.2, 0.25) is 0 Å². The van der Waals surface area contributed by atoms with E-state index >= 15 is 0 Å². The molecular weight excluding hydrogens is 510 g/mol. The number of carbonyl (C=O) groups excluding carboxylic acids is 1. The summed E-state index contributed by atoms with van der Waals surface area (Å²) in [6, 6.07) is 20.6. The fraction of sp³-hybridized carbons (Fsp3) is 0.111. The van der Waals surface area contributed by atoms with E-state index in [1.165, 1.54) is 18.2 Å². The molecular formula is C27H18Cl2F3N3O. The first-order valence-corrected chi connectivity index (χ1v) is 11.7. The lowest BCUT2D eigenvalue weighted by Crippen LogP contribution is -2.25. The second-order valence-corrected chi connectivity index (χ2v) is 9.14. The second kappa shape index (κ2) is 9.15. The molecule has 0 bridgehead atoms. The van der Waals surface area contributed by atoms with Crippen molar-refractivity contribution < 1.29 is 18.0 Å². The number of benzene rings is 3. The van der Waals surface area contributed by atoms with Gasteiger partial charge in [-0.1, -0.05) is 65.7 Å². The monoisotopic (exact) mass is 527 g/mol. The molecule has 0 saturated heterocycles. The lowest BCUT2D eigenvalue weighted by Gasteiger charge is -2.11. The Morgan fingerprint density at radius 3 is 2.36 bits per heavy atom. The SMILES string of the molecule is Cc1c(/C=C2\C(=O)N(c3ccccc3)N=C2C(F)(F)F)c2ccccc2n1Cc1ccc(Cl)cc1Cl. The number of alkyl halides is 3. The molecule has 3 aromatic carbocycles. The van der Waals surface area contributed by atoms with Crippen molar-refractivity contribution in [2.45, 2.75) is 19.6 Å². The van der Waals surface area contributed by atoms with Crippen molar-refractivity contribution in [3.05, 3.63) is 105 Å². The van der Waals surface area contributed by atoms with Crippen LogP contribution in [0.2, 0.25) is 10.0 Å². The van der Waals surface area contributed by atoms with Gasteiger partial charge >= 0.3 is 6.18 Å². The van der Waals surface area contributed by atoms with Crippen molar-refractivity contribution in [1.82, 2.24) is 4.57 Å². The number of hydrazone groups is 1. The Labute approximate surface area is 214 Å². The Morgan fingerprint density at radius 1 is 0.972 bits per heavy atom. The zero-order valence-corrected chi connectivity index (χ0v) is 20.4. The molecule has 9 heteroatoms. The number of carbonyl (C=O) groups is 1. The molecule has 4 nitrogen and oxygen atoms in total. The smallest absolute Gasteiger partial charge is 0.340 e. The van der Waals surface area contributed by atoms with Gasteiger partial charge in [-0.05, 0) is 48.9 Å². The third kappa shape index (κ3) is 4.29. The molecule has 2 heterocycles. The van der Waals surface area contributed by atoms with Crippen molar-refractivity contribution in [2.75, 3.05) is 5.01 Å². The van der Waals surface area contributed by atoms with E-state index in [2.05, 4.69) is 5.10 Å². The van der Waals surface area contributed by atoms with E-state index in [-0.39, 0.29) is 5.69 Å². The first kappa shape index (κ1) is 24.2. The largest absolute Gasteiger partial charge is 0.435 e. The summed E-state index contributed by atoms with van der Waals surface area (Å²) in [5.41, 5.74) is 1.30. The standard InChI is InChI=1S/C27H18Cl2F3N3O/c1-16-21(14-22-25(27(30,31)32)33-35(26(22)36)19-7-3-2-4-8-19)20-9-5-6-10-24(20)34(16)15-17-11-12-18(28)13-23(17)29/h2-14H,15H2,1H3/b22-14-. The van der Waals surface area contributed by atoms with Crippen molar-refractivity contribution in [1.29, 1.82) is 0 Å². The van der Waals surface area contributed by atoms with Crippen LogP contribution in [0, 0.1) is 6.92 Å². The fourth-order valence-electron chi connectivity index (χ4n) is 4.31. The number of fused-ring (bicyclic) bond motifs is 1. The third-order valence-corrected chi connectivity index (χ3v) is 6.65. The van der Waals surface area contributed by atoms with Gasteiger partial charge in [0.1, 0.15) is 0 Å². The lowest BCUT2D eigenvalue weighted by molar-refractivity contribution is -0.114. The lowest BCUT2D eigenvalue weighted by atomic mass is 10.0. The summed E-state index contributed by atoms with van der Waals surface area (Å²) < 4.78 is 43.9. The molecule has 1 aromatic heterocycles. The Morgan fingerprint density at radius 2 is 1.67 bits per heavy atom. The van der Waals surface area contributed by atoms with Crippen LogP contribution in [0.25, 0.3) is 17.0 Å². The second-order valence-electron chi connectivity index (χ2n) is 8.29. The molecule has 0 N–H and O–H groups in total. The minimum Gasteiger partial charge on any atom is -0.340 e. The summed E-state index contributed by atoms with van der Waals surface area (Å²) in [5.74, 6) is -0.842. The molecule has 0 atom stereocenters. The number of hydrogen-bond acceptors (Lipinski definition) is 2. The summed E-state index contributed by atoms with van der Waals surface area (Å²) in [6.07, 6.45) is -3.52. The summed E-state index contributed by atoms with van der Waals surface area (Å²) in [6.45, 7) is 2.17. The first-order valence-electron chi connectivity index (χ1n) is 10.9. The highest BCUT2D eigenvalue weighted by atomic mass is 35.5. The average molecular weight is 528 g/mol. The van der Waals surface area contributed by atoms with E-state index in [1.54, 1.807) is 43.3 Å². The molecule has 0 saturated carbocycles. The molecule has 0 fully saturated rings. The van der Waals surface area contributed by atoms with E-state index in [1.807, 2.05) is 28.8 Å². The van der Waals surface area contributed by atoms with Gasteiger partial charge in [0.25, 0.3) is 5.91 Å². The van der Waals surface area contributed by atoms with Crippen LogP contribution < -0.4 is 5.01 Å². The van der Waals surface area contributed by atoms with Crippen LogP contribution >= 0.6 is 23.2 Å². The highest BCUT2D eigenvalue weighted by molar-refractivity contribution is 6.35. The zero-order chi connectivity index (χ0) is 25.6.